The van der Waals surface area contributed by atoms with Crippen LogP contribution < -0.4 is 5.32 Å². The van der Waals surface area contributed by atoms with Gasteiger partial charge in [0.2, 0.25) is 5.91 Å². The number of rotatable bonds is 13. The van der Waals surface area contributed by atoms with E-state index in [-0.39, 0.29) is 17.5 Å². The molecule has 0 bridgehead atoms. The number of nitrogens with zero attached hydrogens (tertiary/aromatic N) is 3. The number of carbonyl (C=O) groups is 2. The van der Waals surface area contributed by atoms with Crippen molar-refractivity contribution in [2.24, 2.45) is 7.05 Å². The lowest BCUT2D eigenvalue weighted by Gasteiger charge is -2.28. The van der Waals surface area contributed by atoms with Gasteiger partial charge in [0, 0.05) is 52.4 Å². The molecule has 0 saturated carbocycles. The topological polar surface area (TPSA) is 76.0 Å². The monoisotopic (exact) mass is 498 g/mol. The number of methoxy groups -OCH3 is 1. The molecule has 3 amide bonds. The van der Waals surface area contributed by atoms with Crippen LogP contribution in [0.15, 0.2) is 36.5 Å². The number of benzene rings is 1. The highest BCUT2D eigenvalue weighted by atomic mass is 35.5. The maximum Gasteiger partial charge on any atom is 0.322 e. The maximum atomic E-state index is 13.2. The molecule has 1 N–H and O–H groups in total. The second-order valence-corrected chi connectivity index (χ2v) is 8.21. The van der Waals surface area contributed by atoms with Gasteiger partial charge in [-0.25, -0.2) is 4.79 Å². The lowest BCUT2D eigenvalue weighted by atomic mass is 10.3. The molecule has 0 fully saturated rings. The summed E-state index contributed by atoms with van der Waals surface area (Å²) >= 11 is 12.3. The summed E-state index contributed by atoms with van der Waals surface area (Å²) in [5.74, 6) is -0.183. The zero-order valence-corrected chi connectivity index (χ0v) is 20.9. The zero-order valence-electron chi connectivity index (χ0n) is 19.4. The predicted octanol–water partition coefficient (Wildman–Crippen LogP) is 4.27. The van der Waals surface area contributed by atoms with Crippen LogP contribution in [0.4, 0.5) is 10.5 Å². The van der Waals surface area contributed by atoms with Crippen molar-refractivity contribution in [3.8, 4) is 0 Å². The van der Waals surface area contributed by atoms with Crippen molar-refractivity contribution in [2.75, 3.05) is 51.9 Å². The van der Waals surface area contributed by atoms with Gasteiger partial charge in [-0.2, -0.15) is 0 Å². The molecule has 1 heterocycles. The van der Waals surface area contributed by atoms with Gasteiger partial charge < -0.3 is 29.2 Å². The largest absolute Gasteiger partial charge is 0.383 e. The number of urea groups is 1. The van der Waals surface area contributed by atoms with E-state index in [4.69, 9.17) is 32.7 Å². The van der Waals surface area contributed by atoms with Gasteiger partial charge in [-0.05, 0) is 37.6 Å². The SMILES string of the molecule is CCOCCCN(CC(=O)N(CCOC)Cc1cccn1C)C(=O)Nc1cccc(Cl)c1Cl. The quantitative estimate of drug-likeness (QED) is 0.418. The van der Waals surface area contributed by atoms with E-state index in [2.05, 4.69) is 5.32 Å². The van der Waals surface area contributed by atoms with E-state index in [1.54, 1.807) is 30.2 Å². The average molecular weight is 499 g/mol. The van der Waals surface area contributed by atoms with Crippen LogP contribution in [0.5, 0.6) is 0 Å². The predicted molar refractivity (Wildman–Crippen MR) is 131 cm³/mol. The molecule has 182 valence electrons. The molecule has 2 aromatic rings. The molecular weight excluding hydrogens is 467 g/mol. The second-order valence-electron chi connectivity index (χ2n) is 7.42. The number of halogens is 2. The van der Waals surface area contributed by atoms with E-state index in [0.29, 0.717) is 56.6 Å². The number of aryl methyl sites for hydroxylation is 1. The smallest absolute Gasteiger partial charge is 0.322 e. The molecule has 0 saturated heterocycles. The van der Waals surface area contributed by atoms with Gasteiger partial charge in [0.25, 0.3) is 0 Å². The minimum Gasteiger partial charge on any atom is -0.383 e. The Kier molecular flexibility index (Phi) is 11.5. The van der Waals surface area contributed by atoms with E-state index >= 15 is 0 Å². The Morgan fingerprint density at radius 2 is 1.88 bits per heavy atom. The van der Waals surface area contributed by atoms with Crippen LogP contribution in [0.2, 0.25) is 10.0 Å². The van der Waals surface area contributed by atoms with Crippen molar-refractivity contribution >= 4 is 40.8 Å². The zero-order chi connectivity index (χ0) is 24.2. The molecule has 0 radical (unpaired) electrons. The molecular formula is C23H32Cl2N4O4. The summed E-state index contributed by atoms with van der Waals surface area (Å²) in [7, 11) is 3.52. The fourth-order valence-corrected chi connectivity index (χ4v) is 3.51. The van der Waals surface area contributed by atoms with Gasteiger partial charge in [-0.1, -0.05) is 29.3 Å². The lowest BCUT2D eigenvalue weighted by Crippen LogP contribution is -2.45. The van der Waals surface area contributed by atoms with Crippen molar-refractivity contribution in [2.45, 2.75) is 19.9 Å². The summed E-state index contributed by atoms with van der Waals surface area (Å²) in [6, 6.07) is 8.44. The second kappa shape index (κ2) is 14.1. The minimum absolute atomic E-state index is 0.0930. The highest BCUT2D eigenvalue weighted by Crippen LogP contribution is 2.29. The lowest BCUT2D eigenvalue weighted by molar-refractivity contribution is -0.133. The molecule has 0 aliphatic carbocycles. The van der Waals surface area contributed by atoms with Crippen LogP contribution in [0, 0.1) is 0 Å². The Labute approximate surface area is 205 Å². The van der Waals surface area contributed by atoms with E-state index in [1.807, 2.05) is 36.9 Å². The number of carbonyl (C=O) groups excluding carboxylic acids is 2. The number of hydrogen-bond donors (Lipinski definition) is 1. The molecule has 33 heavy (non-hydrogen) atoms. The summed E-state index contributed by atoms with van der Waals surface area (Å²) in [5, 5.41) is 3.35. The Morgan fingerprint density at radius 1 is 1.09 bits per heavy atom. The van der Waals surface area contributed by atoms with Crippen LogP contribution in [-0.2, 0) is 27.9 Å². The number of aromatic nitrogens is 1. The molecule has 8 nitrogen and oxygen atoms in total. The van der Waals surface area contributed by atoms with Gasteiger partial charge in [0.1, 0.15) is 6.54 Å². The first kappa shape index (κ1) is 27.0. The first-order chi connectivity index (χ1) is 15.9. The number of hydrogen-bond acceptors (Lipinski definition) is 4. The van der Waals surface area contributed by atoms with Crippen molar-refractivity contribution in [3.63, 3.8) is 0 Å². The van der Waals surface area contributed by atoms with Gasteiger partial charge in [-0.3, -0.25) is 4.79 Å². The Bertz CT molecular complexity index is 906. The molecule has 1 aromatic heterocycles. The summed E-state index contributed by atoms with van der Waals surface area (Å²) in [6.07, 6.45) is 2.52. The van der Waals surface area contributed by atoms with Crippen molar-refractivity contribution in [1.82, 2.24) is 14.4 Å². The highest BCUT2D eigenvalue weighted by molar-refractivity contribution is 6.43. The standard InChI is InChI=1S/C23H32Cl2N4O4/c1-4-33-14-7-12-29(23(31)26-20-10-5-9-19(24)22(20)25)17-21(30)28(13-15-32-3)16-18-8-6-11-27(18)2/h5-6,8-11H,4,7,12-17H2,1-3H3,(H,26,31). The molecule has 1 aromatic carbocycles. The molecule has 0 atom stereocenters. The molecule has 0 aliphatic rings. The maximum absolute atomic E-state index is 13.2. The number of anilines is 1. The molecule has 10 heteroatoms. The summed E-state index contributed by atoms with van der Waals surface area (Å²) in [5.41, 5.74) is 1.37. The third kappa shape index (κ3) is 8.55. The third-order valence-electron chi connectivity index (χ3n) is 5.05. The van der Waals surface area contributed by atoms with Crippen LogP contribution >= 0.6 is 23.2 Å². The summed E-state index contributed by atoms with van der Waals surface area (Å²) < 4.78 is 12.5. The molecule has 0 unspecified atom stereocenters. The third-order valence-corrected chi connectivity index (χ3v) is 5.87. The van der Waals surface area contributed by atoms with E-state index in [9.17, 15) is 9.59 Å². The van der Waals surface area contributed by atoms with Gasteiger partial charge >= 0.3 is 6.03 Å². The summed E-state index contributed by atoms with van der Waals surface area (Å²) in [4.78, 5) is 29.4. The van der Waals surface area contributed by atoms with E-state index in [0.717, 1.165) is 5.69 Å². The van der Waals surface area contributed by atoms with Crippen molar-refractivity contribution in [3.05, 3.63) is 52.3 Å². The fourth-order valence-electron chi connectivity index (χ4n) is 3.16. The van der Waals surface area contributed by atoms with Crippen LogP contribution in [0.3, 0.4) is 0 Å². The first-order valence-electron chi connectivity index (χ1n) is 10.8. The fraction of sp³-hybridized carbons (Fsp3) is 0.478. The Morgan fingerprint density at radius 3 is 2.55 bits per heavy atom. The summed E-state index contributed by atoms with van der Waals surface area (Å²) in [6.45, 7) is 4.46. The molecule has 0 aliphatic heterocycles. The van der Waals surface area contributed by atoms with Gasteiger partial charge in [-0.15, -0.1) is 0 Å². The Hall–Kier alpha value is -2.26. The Balaban J connectivity index is 2.14. The van der Waals surface area contributed by atoms with Crippen molar-refractivity contribution < 1.29 is 19.1 Å². The van der Waals surface area contributed by atoms with Gasteiger partial charge in [0.15, 0.2) is 0 Å². The number of nitrogens with one attached hydrogen (secondary N) is 1. The number of amides is 3. The van der Waals surface area contributed by atoms with Gasteiger partial charge in [0.05, 0.1) is 28.9 Å². The normalized spacial score (nSPS) is 10.8. The van der Waals surface area contributed by atoms with Crippen molar-refractivity contribution in [1.29, 1.82) is 0 Å². The molecule has 0 spiro atoms. The average Bonchev–Trinajstić information content (AvgIpc) is 3.20. The minimum atomic E-state index is -0.436. The number of ether oxygens (including phenoxy) is 2. The van der Waals surface area contributed by atoms with Crippen LogP contribution in [-0.4, -0.2) is 72.9 Å². The molecule has 2 rings (SSSR count). The first-order valence-corrected chi connectivity index (χ1v) is 11.6. The highest BCUT2D eigenvalue weighted by Gasteiger charge is 2.23. The van der Waals surface area contributed by atoms with E-state index in [1.165, 1.54) is 4.90 Å². The van der Waals surface area contributed by atoms with E-state index < -0.39 is 6.03 Å². The van der Waals surface area contributed by atoms with Crippen LogP contribution in [0.25, 0.3) is 0 Å². The van der Waals surface area contributed by atoms with Crippen LogP contribution in [0.1, 0.15) is 19.0 Å².